The first-order chi connectivity index (χ1) is 15.7. The van der Waals surface area contributed by atoms with Crippen molar-refractivity contribution in [2.75, 3.05) is 44.5 Å². The Labute approximate surface area is 193 Å². The van der Waals surface area contributed by atoms with Crippen molar-refractivity contribution in [3.63, 3.8) is 0 Å². The first-order valence-corrected chi connectivity index (χ1v) is 10.7. The number of benzene rings is 1. The molecule has 0 fully saturated rings. The van der Waals surface area contributed by atoms with Crippen LogP contribution in [0.3, 0.4) is 0 Å². The van der Waals surface area contributed by atoms with Crippen LogP contribution in [0.15, 0.2) is 18.2 Å². The molecule has 2 rings (SSSR count). The third kappa shape index (κ3) is 7.28. The number of amides is 2. The van der Waals surface area contributed by atoms with E-state index in [-0.39, 0.29) is 30.1 Å². The lowest BCUT2D eigenvalue weighted by Gasteiger charge is -2.18. The molecular formula is C22H32FN7O3. The fourth-order valence-electron chi connectivity index (χ4n) is 2.93. The number of aromatic nitrogens is 2. The van der Waals surface area contributed by atoms with Crippen molar-refractivity contribution >= 4 is 29.1 Å². The summed E-state index contributed by atoms with van der Waals surface area (Å²) in [5.74, 6) is -0.384. The molecule has 0 bridgehead atoms. The van der Waals surface area contributed by atoms with Crippen molar-refractivity contribution in [2.45, 2.75) is 32.7 Å². The van der Waals surface area contributed by atoms with Crippen LogP contribution in [0.5, 0.6) is 5.75 Å². The van der Waals surface area contributed by atoms with Crippen molar-refractivity contribution in [3.05, 3.63) is 35.4 Å². The zero-order valence-corrected chi connectivity index (χ0v) is 19.7. The normalized spacial score (nSPS) is 11.6. The molecular weight excluding hydrogens is 429 g/mol. The predicted octanol–water partition coefficient (Wildman–Crippen LogP) is 1.58. The second-order valence-corrected chi connectivity index (χ2v) is 7.61. The smallest absolute Gasteiger partial charge is 0.271 e. The van der Waals surface area contributed by atoms with E-state index in [1.165, 1.54) is 12.1 Å². The van der Waals surface area contributed by atoms with Crippen LogP contribution in [-0.2, 0) is 11.2 Å². The van der Waals surface area contributed by atoms with Crippen molar-refractivity contribution in [3.8, 4) is 5.75 Å². The van der Waals surface area contributed by atoms with Crippen LogP contribution in [0.2, 0.25) is 0 Å². The molecule has 0 spiro atoms. The zero-order valence-electron chi connectivity index (χ0n) is 19.7. The summed E-state index contributed by atoms with van der Waals surface area (Å²) < 4.78 is 19.8. The molecule has 11 heteroatoms. The number of aryl methyl sites for hydroxylation is 1. The van der Waals surface area contributed by atoms with Gasteiger partial charge < -0.3 is 31.3 Å². The molecule has 0 saturated carbocycles. The molecule has 0 aliphatic rings. The summed E-state index contributed by atoms with van der Waals surface area (Å²) in [6.07, 6.45) is 1.11. The van der Waals surface area contributed by atoms with Gasteiger partial charge >= 0.3 is 0 Å². The summed E-state index contributed by atoms with van der Waals surface area (Å²) in [5, 5.41) is 8.57. The maximum Gasteiger partial charge on any atom is 0.271 e. The fraction of sp³-hybridized carbons (Fsp3) is 0.455. The Bertz CT molecular complexity index is 985. The van der Waals surface area contributed by atoms with Crippen LogP contribution in [0.4, 0.5) is 21.7 Å². The number of hydrogen-bond acceptors (Lipinski definition) is 8. The predicted molar refractivity (Wildman–Crippen MR) is 126 cm³/mol. The molecule has 1 heterocycles. The Morgan fingerprint density at radius 3 is 2.58 bits per heavy atom. The minimum atomic E-state index is -0.743. The molecule has 10 nitrogen and oxygen atoms in total. The highest BCUT2D eigenvalue weighted by Gasteiger charge is 2.18. The van der Waals surface area contributed by atoms with Gasteiger partial charge in [0.25, 0.3) is 5.91 Å². The Morgan fingerprint density at radius 1 is 1.24 bits per heavy atom. The van der Waals surface area contributed by atoms with Crippen LogP contribution >= 0.6 is 0 Å². The van der Waals surface area contributed by atoms with Crippen molar-refractivity contribution in [1.82, 2.24) is 20.6 Å². The van der Waals surface area contributed by atoms with Gasteiger partial charge in [0.15, 0.2) is 17.3 Å². The summed E-state index contributed by atoms with van der Waals surface area (Å²) in [6, 6.07) is 3.80. The highest BCUT2D eigenvalue weighted by Crippen LogP contribution is 2.27. The van der Waals surface area contributed by atoms with Gasteiger partial charge in [-0.25, -0.2) is 14.4 Å². The molecule has 180 valence electrons. The number of nitrogens with two attached hydrogens (primary N) is 1. The van der Waals surface area contributed by atoms with Crippen LogP contribution in [0, 0.1) is 5.82 Å². The third-order valence-electron chi connectivity index (χ3n) is 4.79. The van der Waals surface area contributed by atoms with Crippen LogP contribution in [-0.4, -0.2) is 62.1 Å². The van der Waals surface area contributed by atoms with Crippen LogP contribution in [0.25, 0.3) is 0 Å². The topological polar surface area (TPSA) is 134 Å². The molecule has 0 radical (unpaired) electrons. The minimum Gasteiger partial charge on any atom is -0.493 e. The first kappa shape index (κ1) is 25.8. The average molecular weight is 462 g/mol. The lowest BCUT2D eigenvalue weighted by atomic mass is 10.2. The lowest BCUT2D eigenvalue weighted by Crippen LogP contribution is -2.40. The highest BCUT2D eigenvalue weighted by atomic mass is 19.1. The average Bonchev–Trinajstić information content (AvgIpc) is 2.77. The number of rotatable bonds is 12. The summed E-state index contributed by atoms with van der Waals surface area (Å²) in [4.78, 5) is 34.3. The standard InChI is InChI=1S/C22H32FN7O3/c1-6-17-21(30(4)5)29-20(18(28-17)19(24)31)27-15-10-14(23)11-16(12-15)33-9-7-8-26-22(32)13(2)25-3/h10-13,25H,6-9H2,1-5H3,(H2,24,31)(H,26,32)(H,27,29)/t13-/m0/s1. The maximum atomic E-state index is 14.2. The van der Waals surface area contributed by atoms with E-state index in [9.17, 15) is 14.0 Å². The number of ether oxygens (including phenoxy) is 1. The Balaban J connectivity index is 2.12. The number of carbonyl (C=O) groups excluding carboxylic acids is 2. The second kappa shape index (κ2) is 12.0. The van der Waals surface area contributed by atoms with E-state index < -0.39 is 11.7 Å². The lowest BCUT2D eigenvalue weighted by molar-refractivity contribution is -0.122. The summed E-state index contributed by atoms with van der Waals surface area (Å²) >= 11 is 0. The summed E-state index contributed by atoms with van der Waals surface area (Å²) in [6.45, 7) is 4.37. The summed E-state index contributed by atoms with van der Waals surface area (Å²) in [7, 11) is 5.33. The van der Waals surface area contributed by atoms with E-state index in [1.807, 2.05) is 21.0 Å². The number of hydrogen-bond donors (Lipinski definition) is 4. The Kier molecular flexibility index (Phi) is 9.34. The molecule has 0 aliphatic heterocycles. The van der Waals surface area contributed by atoms with Gasteiger partial charge in [-0.05, 0) is 32.9 Å². The van der Waals surface area contributed by atoms with Gasteiger partial charge in [-0.15, -0.1) is 0 Å². The third-order valence-corrected chi connectivity index (χ3v) is 4.79. The first-order valence-electron chi connectivity index (χ1n) is 10.7. The Hall–Kier alpha value is -3.47. The molecule has 2 aromatic rings. The van der Waals surface area contributed by atoms with Crippen molar-refractivity contribution < 1.29 is 18.7 Å². The van der Waals surface area contributed by atoms with E-state index in [2.05, 4.69) is 25.9 Å². The number of anilines is 3. The maximum absolute atomic E-state index is 14.2. The number of halogens is 1. The Morgan fingerprint density at radius 2 is 1.97 bits per heavy atom. The second-order valence-electron chi connectivity index (χ2n) is 7.61. The van der Waals surface area contributed by atoms with Gasteiger partial charge in [0.1, 0.15) is 11.6 Å². The molecule has 1 atom stereocenters. The van der Waals surface area contributed by atoms with Gasteiger partial charge in [0, 0.05) is 38.5 Å². The van der Waals surface area contributed by atoms with E-state index in [0.29, 0.717) is 42.3 Å². The zero-order chi connectivity index (χ0) is 24.5. The van der Waals surface area contributed by atoms with Gasteiger partial charge in [-0.3, -0.25) is 9.59 Å². The van der Waals surface area contributed by atoms with E-state index >= 15 is 0 Å². The van der Waals surface area contributed by atoms with Gasteiger partial charge in [-0.2, -0.15) is 0 Å². The number of nitrogens with one attached hydrogen (secondary N) is 3. The van der Waals surface area contributed by atoms with E-state index in [1.54, 1.807) is 24.9 Å². The monoisotopic (exact) mass is 461 g/mol. The van der Waals surface area contributed by atoms with Gasteiger partial charge in [-0.1, -0.05) is 6.92 Å². The van der Waals surface area contributed by atoms with Crippen LogP contribution in [0.1, 0.15) is 36.5 Å². The molecule has 1 aromatic heterocycles. The van der Waals surface area contributed by atoms with Gasteiger partial charge in [0.05, 0.1) is 18.3 Å². The molecule has 0 saturated heterocycles. The molecule has 0 unspecified atom stereocenters. The number of carbonyl (C=O) groups is 2. The molecule has 33 heavy (non-hydrogen) atoms. The molecule has 5 N–H and O–H groups in total. The molecule has 0 aliphatic carbocycles. The SMILES string of the molecule is CCc1nc(C(N)=O)c(Nc2cc(F)cc(OCCCNC(=O)[C@H](C)NC)c2)nc1N(C)C. The van der Waals surface area contributed by atoms with E-state index in [4.69, 9.17) is 10.5 Å². The highest BCUT2D eigenvalue weighted by molar-refractivity contribution is 5.96. The minimum absolute atomic E-state index is 0.0317. The van der Waals surface area contributed by atoms with Crippen molar-refractivity contribution in [2.24, 2.45) is 5.73 Å². The largest absolute Gasteiger partial charge is 0.493 e. The quantitative estimate of drug-likeness (QED) is 0.350. The van der Waals surface area contributed by atoms with Gasteiger partial charge in [0.2, 0.25) is 5.91 Å². The molecule has 2 amide bonds. The van der Waals surface area contributed by atoms with Crippen molar-refractivity contribution in [1.29, 1.82) is 0 Å². The van der Waals surface area contributed by atoms with Crippen LogP contribution < -0.4 is 31.3 Å². The molecule has 1 aromatic carbocycles. The fourth-order valence-corrected chi connectivity index (χ4v) is 2.93. The van der Waals surface area contributed by atoms with E-state index in [0.717, 1.165) is 0 Å². The number of primary amides is 1. The number of likely N-dealkylation sites (N-methyl/N-ethyl adjacent to an activating group) is 1. The summed E-state index contributed by atoms with van der Waals surface area (Å²) in [5.41, 5.74) is 6.41. The number of nitrogens with zero attached hydrogens (tertiary/aromatic N) is 3.